The average molecular weight is 269 g/mol. The van der Waals surface area contributed by atoms with Gasteiger partial charge in [0.1, 0.15) is 17.0 Å². The van der Waals surface area contributed by atoms with Crippen LogP contribution in [0.4, 0.5) is 5.82 Å². The summed E-state index contributed by atoms with van der Waals surface area (Å²) in [6.45, 7) is 2.18. The van der Waals surface area contributed by atoms with Crippen LogP contribution in [0.2, 0.25) is 0 Å². The Morgan fingerprint density at radius 3 is 2.79 bits per heavy atom. The molecule has 1 N–H and O–H groups in total. The van der Waals surface area contributed by atoms with Gasteiger partial charge in [-0.05, 0) is 23.4 Å². The minimum Gasteiger partial charge on any atom is -0.363 e. The molecule has 0 spiro atoms. The molecule has 1 aromatic carbocycles. The monoisotopic (exact) mass is 269 g/mol. The van der Waals surface area contributed by atoms with Crippen molar-refractivity contribution >= 4 is 27.4 Å². The normalized spacial score (nSPS) is 12.5. The first-order valence-corrected chi connectivity index (χ1v) is 7.26. The highest BCUT2D eigenvalue weighted by molar-refractivity contribution is 7.16. The summed E-state index contributed by atoms with van der Waals surface area (Å²) < 4.78 is 0. The Balaban J connectivity index is 1.93. The zero-order chi connectivity index (χ0) is 13.1. The van der Waals surface area contributed by atoms with Crippen LogP contribution in [0.5, 0.6) is 0 Å². The molecule has 19 heavy (non-hydrogen) atoms. The van der Waals surface area contributed by atoms with Gasteiger partial charge in [-0.3, -0.25) is 0 Å². The van der Waals surface area contributed by atoms with Crippen LogP contribution in [0.15, 0.2) is 48.1 Å². The van der Waals surface area contributed by atoms with Gasteiger partial charge in [0.05, 0.1) is 11.4 Å². The molecule has 4 heteroatoms. The van der Waals surface area contributed by atoms with Gasteiger partial charge < -0.3 is 5.32 Å². The number of hydrogen-bond acceptors (Lipinski definition) is 4. The summed E-state index contributed by atoms with van der Waals surface area (Å²) in [5.41, 5.74) is 1.28. The lowest BCUT2D eigenvalue weighted by atomic mass is 10.0. The van der Waals surface area contributed by atoms with Crippen LogP contribution in [-0.4, -0.2) is 9.97 Å². The van der Waals surface area contributed by atoms with Crippen LogP contribution >= 0.6 is 11.3 Å². The first kappa shape index (κ1) is 12.1. The van der Waals surface area contributed by atoms with Crippen LogP contribution in [0, 0.1) is 0 Å². The van der Waals surface area contributed by atoms with Crippen molar-refractivity contribution in [3.8, 4) is 0 Å². The van der Waals surface area contributed by atoms with Crippen molar-refractivity contribution in [2.24, 2.45) is 0 Å². The Hall–Kier alpha value is -1.94. The summed E-state index contributed by atoms with van der Waals surface area (Å²) in [7, 11) is 0. The number of anilines is 1. The largest absolute Gasteiger partial charge is 0.363 e. The number of thiophene rings is 1. The molecule has 2 aromatic heterocycles. The third-order valence-corrected chi connectivity index (χ3v) is 4.00. The van der Waals surface area contributed by atoms with E-state index in [4.69, 9.17) is 0 Å². The molecule has 0 fully saturated rings. The number of nitrogens with zero attached hydrogens (tertiary/aromatic N) is 2. The van der Waals surface area contributed by atoms with Gasteiger partial charge in [-0.15, -0.1) is 11.3 Å². The third-order valence-electron chi connectivity index (χ3n) is 3.18. The van der Waals surface area contributed by atoms with E-state index in [-0.39, 0.29) is 6.04 Å². The van der Waals surface area contributed by atoms with Crippen LogP contribution in [0.25, 0.3) is 10.2 Å². The molecule has 96 valence electrons. The average Bonchev–Trinajstić information content (AvgIpc) is 2.95. The van der Waals surface area contributed by atoms with Crippen molar-refractivity contribution in [3.05, 3.63) is 53.7 Å². The van der Waals surface area contributed by atoms with Crippen molar-refractivity contribution in [2.75, 3.05) is 5.32 Å². The molecule has 0 saturated carbocycles. The molecule has 0 aliphatic heterocycles. The molecule has 3 aromatic rings. The van der Waals surface area contributed by atoms with E-state index in [9.17, 15) is 0 Å². The standard InChI is InChI=1S/C15H15N3S/c1-2-13(11-6-4-3-5-7-11)18-14-12-8-9-19-15(12)17-10-16-14/h3-10,13H,2H2,1H3,(H,16,17,18). The van der Waals surface area contributed by atoms with Gasteiger partial charge >= 0.3 is 0 Å². The molecule has 0 aliphatic rings. The highest BCUT2D eigenvalue weighted by Crippen LogP contribution is 2.28. The van der Waals surface area contributed by atoms with Crippen LogP contribution in [0.1, 0.15) is 24.9 Å². The Bertz CT molecular complexity index is 663. The van der Waals surface area contributed by atoms with Crippen LogP contribution in [-0.2, 0) is 0 Å². The van der Waals surface area contributed by atoms with E-state index in [0.29, 0.717) is 0 Å². The van der Waals surface area contributed by atoms with Gasteiger partial charge in [0, 0.05) is 0 Å². The molecule has 0 saturated heterocycles. The lowest BCUT2D eigenvalue weighted by molar-refractivity contribution is 0.745. The van der Waals surface area contributed by atoms with Crippen molar-refractivity contribution in [2.45, 2.75) is 19.4 Å². The fourth-order valence-corrected chi connectivity index (χ4v) is 2.91. The van der Waals surface area contributed by atoms with Crippen molar-refractivity contribution in [3.63, 3.8) is 0 Å². The SMILES string of the molecule is CCC(Nc1ncnc2sccc12)c1ccccc1. The lowest BCUT2D eigenvalue weighted by Crippen LogP contribution is -2.10. The summed E-state index contributed by atoms with van der Waals surface area (Å²) in [4.78, 5) is 9.68. The second kappa shape index (κ2) is 5.36. The smallest absolute Gasteiger partial charge is 0.138 e. The number of hydrogen-bond donors (Lipinski definition) is 1. The minimum atomic E-state index is 0.277. The Labute approximate surface area is 116 Å². The minimum absolute atomic E-state index is 0.277. The molecule has 1 atom stereocenters. The van der Waals surface area contributed by atoms with E-state index in [1.807, 2.05) is 11.4 Å². The summed E-state index contributed by atoms with van der Waals surface area (Å²) in [5.74, 6) is 0.918. The lowest BCUT2D eigenvalue weighted by Gasteiger charge is -2.18. The molecule has 3 rings (SSSR count). The highest BCUT2D eigenvalue weighted by atomic mass is 32.1. The van der Waals surface area contributed by atoms with E-state index in [2.05, 4.69) is 52.5 Å². The fourth-order valence-electron chi connectivity index (χ4n) is 2.18. The quantitative estimate of drug-likeness (QED) is 0.769. The van der Waals surface area contributed by atoms with Gasteiger partial charge in [-0.25, -0.2) is 9.97 Å². The second-order valence-electron chi connectivity index (χ2n) is 4.38. The Morgan fingerprint density at radius 1 is 1.16 bits per heavy atom. The van der Waals surface area contributed by atoms with Crippen molar-refractivity contribution in [1.29, 1.82) is 0 Å². The maximum absolute atomic E-state index is 4.38. The van der Waals surface area contributed by atoms with Crippen molar-refractivity contribution < 1.29 is 0 Å². The molecular formula is C15H15N3S. The van der Waals surface area contributed by atoms with Crippen molar-refractivity contribution in [1.82, 2.24) is 9.97 Å². The summed E-state index contributed by atoms with van der Waals surface area (Å²) in [6, 6.07) is 12.8. The first-order valence-electron chi connectivity index (χ1n) is 6.38. The molecule has 0 aliphatic carbocycles. The number of aromatic nitrogens is 2. The molecule has 3 nitrogen and oxygen atoms in total. The predicted octanol–water partition coefficient (Wildman–Crippen LogP) is 4.25. The number of fused-ring (bicyclic) bond motifs is 1. The van der Waals surface area contributed by atoms with Gasteiger partial charge in [0.25, 0.3) is 0 Å². The van der Waals surface area contributed by atoms with E-state index in [1.165, 1.54) is 5.56 Å². The molecular weight excluding hydrogens is 254 g/mol. The maximum atomic E-state index is 4.38. The number of benzene rings is 1. The summed E-state index contributed by atoms with van der Waals surface area (Å²) in [6.07, 6.45) is 2.64. The summed E-state index contributed by atoms with van der Waals surface area (Å²) in [5, 5.41) is 6.68. The first-order chi connectivity index (χ1) is 9.38. The fraction of sp³-hybridized carbons (Fsp3) is 0.200. The molecule has 2 heterocycles. The third kappa shape index (κ3) is 2.44. The zero-order valence-corrected chi connectivity index (χ0v) is 11.5. The van der Waals surface area contributed by atoms with E-state index in [1.54, 1.807) is 17.7 Å². The Kier molecular flexibility index (Phi) is 3.42. The molecule has 0 amide bonds. The Morgan fingerprint density at radius 2 is 2.00 bits per heavy atom. The number of rotatable bonds is 4. The molecule has 0 bridgehead atoms. The molecule has 0 radical (unpaired) electrons. The van der Waals surface area contributed by atoms with Gasteiger partial charge in [0.15, 0.2) is 0 Å². The van der Waals surface area contributed by atoms with Gasteiger partial charge in [-0.2, -0.15) is 0 Å². The van der Waals surface area contributed by atoms with Crippen LogP contribution < -0.4 is 5.32 Å². The van der Waals surface area contributed by atoms with E-state index < -0.39 is 0 Å². The number of nitrogens with one attached hydrogen (secondary N) is 1. The van der Waals surface area contributed by atoms with E-state index >= 15 is 0 Å². The predicted molar refractivity (Wildman–Crippen MR) is 80.5 cm³/mol. The van der Waals surface area contributed by atoms with E-state index in [0.717, 1.165) is 22.5 Å². The van der Waals surface area contributed by atoms with Gasteiger partial charge in [-0.1, -0.05) is 37.3 Å². The summed E-state index contributed by atoms with van der Waals surface area (Å²) >= 11 is 1.64. The topological polar surface area (TPSA) is 37.8 Å². The molecule has 1 unspecified atom stereocenters. The zero-order valence-electron chi connectivity index (χ0n) is 10.7. The second-order valence-corrected chi connectivity index (χ2v) is 5.27. The van der Waals surface area contributed by atoms with Gasteiger partial charge in [0.2, 0.25) is 0 Å². The van der Waals surface area contributed by atoms with Crippen LogP contribution in [0.3, 0.4) is 0 Å². The maximum Gasteiger partial charge on any atom is 0.138 e. The highest BCUT2D eigenvalue weighted by Gasteiger charge is 2.12.